The number of hydrogen-bond donors (Lipinski definition) is 1. The number of nitrogens with two attached hydrogens (primary N) is 1. The van der Waals surface area contributed by atoms with Crippen LogP contribution in [-0.2, 0) is 5.75 Å². The standard InChI is InChI=1S/C9H8ClN3S2/c10-6-1-3-7(4-2-6)14-5-8-12-13-9(11)15-8/h1-4H,5H2,(H2,11,13). The molecular formula is C9H8ClN3S2. The van der Waals surface area contributed by atoms with Crippen LogP contribution in [0.2, 0.25) is 5.02 Å². The second-order valence-corrected chi connectivity index (χ2v) is 5.36. The van der Waals surface area contributed by atoms with Crippen LogP contribution in [0.3, 0.4) is 0 Å². The zero-order valence-corrected chi connectivity index (χ0v) is 10.1. The van der Waals surface area contributed by atoms with Gasteiger partial charge in [0.15, 0.2) is 0 Å². The van der Waals surface area contributed by atoms with Crippen molar-refractivity contribution in [3.8, 4) is 0 Å². The summed E-state index contributed by atoms with van der Waals surface area (Å²) in [4.78, 5) is 1.16. The molecule has 6 heteroatoms. The maximum absolute atomic E-state index is 5.79. The van der Waals surface area contributed by atoms with Gasteiger partial charge >= 0.3 is 0 Å². The van der Waals surface area contributed by atoms with Gasteiger partial charge in [-0.15, -0.1) is 22.0 Å². The van der Waals surface area contributed by atoms with Gasteiger partial charge in [0.2, 0.25) is 5.13 Å². The Labute approximate surface area is 101 Å². The van der Waals surface area contributed by atoms with Crippen LogP contribution >= 0.6 is 34.7 Å². The number of nitrogen functional groups attached to an aromatic ring is 1. The number of halogens is 1. The fourth-order valence-electron chi connectivity index (χ4n) is 1.00. The average molecular weight is 258 g/mol. The number of nitrogens with zero attached hydrogens (tertiary/aromatic N) is 2. The van der Waals surface area contributed by atoms with Crippen LogP contribution in [0.1, 0.15) is 5.01 Å². The van der Waals surface area contributed by atoms with E-state index >= 15 is 0 Å². The summed E-state index contributed by atoms with van der Waals surface area (Å²) in [5, 5.41) is 9.90. The zero-order chi connectivity index (χ0) is 10.7. The molecule has 0 saturated heterocycles. The number of aromatic nitrogens is 2. The zero-order valence-electron chi connectivity index (χ0n) is 7.68. The number of rotatable bonds is 3. The molecule has 3 nitrogen and oxygen atoms in total. The van der Waals surface area contributed by atoms with Gasteiger partial charge in [0.1, 0.15) is 5.01 Å². The van der Waals surface area contributed by atoms with Crippen molar-refractivity contribution in [1.29, 1.82) is 0 Å². The molecule has 1 aromatic carbocycles. The molecule has 2 rings (SSSR count). The smallest absolute Gasteiger partial charge is 0.203 e. The quantitative estimate of drug-likeness (QED) is 0.859. The molecule has 0 bridgehead atoms. The summed E-state index contributed by atoms with van der Waals surface area (Å²) in [5.41, 5.74) is 5.49. The van der Waals surface area contributed by atoms with Crippen molar-refractivity contribution in [3.63, 3.8) is 0 Å². The van der Waals surface area contributed by atoms with Crippen LogP contribution in [0.25, 0.3) is 0 Å². The first kappa shape index (κ1) is 10.7. The monoisotopic (exact) mass is 257 g/mol. The highest BCUT2D eigenvalue weighted by Crippen LogP contribution is 2.25. The Morgan fingerprint density at radius 1 is 1.27 bits per heavy atom. The summed E-state index contributed by atoms with van der Waals surface area (Å²) in [6.45, 7) is 0. The molecule has 15 heavy (non-hydrogen) atoms. The molecule has 0 aliphatic heterocycles. The van der Waals surface area contributed by atoms with E-state index < -0.39 is 0 Å². The third-order valence-electron chi connectivity index (χ3n) is 1.66. The third-order valence-corrected chi connectivity index (χ3v) is 3.87. The Morgan fingerprint density at radius 2 is 2.00 bits per heavy atom. The van der Waals surface area contributed by atoms with Crippen LogP contribution in [0, 0.1) is 0 Å². The molecule has 0 fully saturated rings. The van der Waals surface area contributed by atoms with E-state index in [0.717, 1.165) is 20.7 Å². The van der Waals surface area contributed by atoms with Gasteiger partial charge in [0.05, 0.1) is 5.75 Å². The fourth-order valence-corrected chi connectivity index (χ4v) is 2.62. The molecule has 0 amide bonds. The van der Waals surface area contributed by atoms with Crippen LogP contribution < -0.4 is 5.73 Å². The largest absolute Gasteiger partial charge is 0.374 e. The summed E-state index contributed by atoms with van der Waals surface area (Å²) in [5.74, 6) is 0.788. The molecule has 78 valence electrons. The lowest BCUT2D eigenvalue weighted by atomic mass is 10.4. The first-order chi connectivity index (χ1) is 7.24. The van der Waals surface area contributed by atoms with Gasteiger partial charge in [-0.25, -0.2) is 0 Å². The van der Waals surface area contributed by atoms with E-state index in [0.29, 0.717) is 5.13 Å². The van der Waals surface area contributed by atoms with Crippen molar-refractivity contribution in [2.45, 2.75) is 10.6 Å². The van der Waals surface area contributed by atoms with Crippen LogP contribution in [0.5, 0.6) is 0 Å². The highest BCUT2D eigenvalue weighted by Gasteiger charge is 2.01. The van der Waals surface area contributed by atoms with Gasteiger partial charge < -0.3 is 5.73 Å². The van der Waals surface area contributed by atoms with E-state index in [1.165, 1.54) is 11.3 Å². The molecular weight excluding hydrogens is 250 g/mol. The summed E-state index contributed by atoms with van der Waals surface area (Å²) in [6.07, 6.45) is 0. The van der Waals surface area contributed by atoms with Crippen molar-refractivity contribution >= 4 is 39.8 Å². The molecule has 1 heterocycles. The predicted octanol–water partition coefficient (Wildman–Crippen LogP) is 3.07. The number of thioether (sulfide) groups is 1. The van der Waals surface area contributed by atoms with E-state index in [-0.39, 0.29) is 0 Å². The molecule has 0 spiro atoms. The maximum atomic E-state index is 5.79. The minimum atomic E-state index is 0.515. The van der Waals surface area contributed by atoms with Crippen molar-refractivity contribution in [2.75, 3.05) is 5.73 Å². The van der Waals surface area contributed by atoms with Gasteiger partial charge in [-0.1, -0.05) is 22.9 Å². The van der Waals surface area contributed by atoms with Crippen molar-refractivity contribution in [2.24, 2.45) is 0 Å². The summed E-state index contributed by atoms with van der Waals surface area (Å²) in [7, 11) is 0. The first-order valence-electron chi connectivity index (χ1n) is 4.20. The number of anilines is 1. The molecule has 0 aliphatic rings. The minimum Gasteiger partial charge on any atom is -0.374 e. The molecule has 0 aliphatic carbocycles. The fraction of sp³-hybridized carbons (Fsp3) is 0.111. The lowest BCUT2D eigenvalue weighted by Crippen LogP contribution is -1.81. The van der Waals surface area contributed by atoms with Crippen molar-refractivity contribution in [1.82, 2.24) is 10.2 Å². The lowest BCUT2D eigenvalue weighted by molar-refractivity contribution is 1.05. The summed E-state index contributed by atoms with van der Waals surface area (Å²) >= 11 is 8.89. The van der Waals surface area contributed by atoms with E-state index in [9.17, 15) is 0 Å². The highest BCUT2D eigenvalue weighted by atomic mass is 35.5. The Morgan fingerprint density at radius 3 is 2.60 bits per heavy atom. The van der Waals surface area contributed by atoms with Crippen molar-refractivity contribution < 1.29 is 0 Å². The van der Waals surface area contributed by atoms with E-state index in [1.54, 1.807) is 11.8 Å². The second kappa shape index (κ2) is 4.83. The first-order valence-corrected chi connectivity index (χ1v) is 6.38. The van der Waals surface area contributed by atoms with E-state index in [4.69, 9.17) is 17.3 Å². The number of benzene rings is 1. The molecule has 2 N–H and O–H groups in total. The number of hydrogen-bond acceptors (Lipinski definition) is 5. The Balaban J connectivity index is 1.96. The summed E-state index contributed by atoms with van der Waals surface area (Å²) in [6, 6.07) is 7.71. The highest BCUT2D eigenvalue weighted by molar-refractivity contribution is 7.98. The summed E-state index contributed by atoms with van der Waals surface area (Å²) < 4.78 is 0. The molecule has 1 aromatic heterocycles. The Bertz CT molecular complexity index is 441. The molecule has 0 unspecified atom stereocenters. The van der Waals surface area contributed by atoms with Gasteiger partial charge in [0.25, 0.3) is 0 Å². The maximum Gasteiger partial charge on any atom is 0.203 e. The molecule has 0 saturated carbocycles. The molecule has 0 atom stereocenters. The topological polar surface area (TPSA) is 51.8 Å². The lowest BCUT2D eigenvalue weighted by Gasteiger charge is -1.98. The van der Waals surface area contributed by atoms with Crippen LogP contribution in [0.4, 0.5) is 5.13 Å². The van der Waals surface area contributed by atoms with Gasteiger partial charge in [-0.05, 0) is 24.3 Å². The van der Waals surface area contributed by atoms with Crippen LogP contribution in [0.15, 0.2) is 29.2 Å². The third kappa shape index (κ3) is 3.09. The predicted molar refractivity (Wildman–Crippen MR) is 65.3 cm³/mol. The van der Waals surface area contributed by atoms with E-state index in [2.05, 4.69) is 10.2 Å². The Kier molecular flexibility index (Phi) is 3.45. The van der Waals surface area contributed by atoms with E-state index in [1.807, 2.05) is 24.3 Å². The average Bonchev–Trinajstić information content (AvgIpc) is 2.64. The second-order valence-electron chi connectivity index (χ2n) is 2.78. The SMILES string of the molecule is Nc1nnc(CSc2ccc(Cl)cc2)s1. The minimum absolute atomic E-state index is 0.515. The van der Waals surface area contributed by atoms with Gasteiger partial charge in [-0.3, -0.25) is 0 Å². The normalized spacial score (nSPS) is 10.5. The Hall–Kier alpha value is -0.780. The molecule has 0 radical (unpaired) electrons. The van der Waals surface area contributed by atoms with Gasteiger partial charge in [0, 0.05) is 9.92 Å². The van der Waals surface area contributed by atoms with Gasteiger partial charge in [-0.2, -0.15) is 0 Å². The van der Waals surface area contributed by atoms with Crippen molar-refractivity contribution in [3.05, 3.63) is 34.3 Å². The molecule has 2 aromatic rings. The van der Waals surface area contributed by atoms with Crippen LogP contribution in [-0.4, -0.2) is 10.2 Å².